The van der Waals surface area contributed by atoms with Crippen LogP contribution in [0.2, 0.25) is 0 Å². The third-order valence-electron chi connectivity index (χ3n) is 4.28. The van der Waals surface area contributed by atoms with Gasteiger partial charge in [0.1, 0.15) is 6.04 Å². The smallest absolute Gasteiger partial charge is 0.249 e. The normalized spacial score (nSPS) is 17.6. The Morgan fingerprint density at radius 2 is 1.72 bits per heavy atom. The Bertz CT molecular complexity index is 772. The van der Waals surface area contributed by atoms with Crippen LogP contribution in [-0.2, 0) is 16.0 Å². The molecular weight excluding hydrogens is 314 g/mol. The lowest BCUT2D eigenvalue weighted by atomic mass is 9.99. The van der Waals surface area contributed by atoms with Crippen molar-refractivity contribution in [3.05, 3.63) is 83.4 Å². The van der Waals surface area contributed by atoms with Crippen LogP contribution in [0.1, 0.15) is 17.2 Å². The fourth-order valence-corrected chi connectivity index (χ4v) is 3.00. The SMILES string of the molecule is NC(=O)[C@H](Cc1ccccc1)NC(=O)C1=CCN[C@H]1c1ccccc1. The molecule has 1 aliphatic rings. The first kappa shape index (κ1) is 16.9. The Balaban J connectivity index is 1.72. The van der Waals surface area contributed by atoms with Gasteiger partial charge in [0.2, 0.25) is 11.8 Å². The maximum atomic E-state index is 12.7. The minimum Gasteiger partial charge on any atom is -0.368 e. The highest BCUT2D eigenvalue weighted by atomic mass is 16.2. The Hall–Kier alpha value is -2.92. The number of nitrogens with two attached hydrogens (primary N) is 1. The van der Waals surface area contributed by atoms with Gasteiger partial charge in [-0.3, -0.25) is 9.59 Å². The molecule has 0 saturated heterocycles. The highest BCUT2D eigenvalue weighted by Crippen LogP contribution is 2.25. The van der Waals surface area contributed by atoms with Crippen molar-refractivity contribution < 1.29 is 9.59 Å². The summed E-state index contributed by atoms with van der Waals surface area (Å²) in [6, 6.07) is 18.3. The second-order valence-electron chi connectivity index (χ2n) is 6.03. The lowest BCUT2D eigenvalue weighted by Gasteiger charge is -2.20. The average Bonchev–Trinajstić information content (AvgIpc) is 3.12. The summed E-state index contributed by atoms with van der Waals surface area (Å²) in [5.74, 6) is -0.807. The molecule has 0 spiro atoms. The average molecular weight is 335 g/mol. The van der Waals surface area contributed by atoms with Gasteiger partial charge in [-0.2, -0.15) is 0 Å². The summed E-state index contributed by atoms with van der Waals surface area (Å²) in [7, 11) is 0. The van der Waals surface area contributed by atoms with Gasteiger partial charge in [-0.1, -0.05) is 66.7 Å². The van der Waals surface area contributed by atoms with E-state index in [1.54, 1.807) is 0 Å². The summed E-state index contributed by atoms with van der Waals surface area (Å²) in [5, 5.41) is 6.07. The molecule has 0 unspecified atom stereocenters. The molecule has 0 bridgehead atoms. The number of amides is 2. The minimum atomic E-state index is -0.743. The number of carbonyl (C=O) groups is 2. The number of benzene rings is 2. The lowest BCUT2D eigenvalue weighted by Crippen LogP contribution is -2.46. The zero-order chi connectivity index (χ0) is 17.6. The maximum Gasteiger partial charge on any atom is 0.249 e. The monoisotopic (exact) mass is 335 g/mol. The van der Waals surface area contributed by atoms with E-state index in [0.717, 1.165) is 11.1 Å². The van der Waals surface area contributed by atoms with Gasteiger partial charge in [-0.25, -0.2) is 0 Å². The number of hydrogen-bond acceptors (Lipinski definition) is 3. The van der Waals surface area contributed by atoms with Gasteiger partial charge >= 0.3 is 0 Å². The highest BCUT2D eigenvalue weighted by molar-refractivity contribution is 5.98. The van der Waals surface area contributed by atoms with Crippen molar-refractivity contribution in [2.45, 2.75) is 18.5 Å². The molecule has 0 fully saturated rings. The van der Waals surface area contributed by atoms with E-state index < -0.39 is 11.9 Å². The van der Waals surface area contributed by atoms with Crippen LogP contribution in [0.15, 0.2) is 72.3 Å². The van der Waals surface area contributed by atoms with E-state index in [0.29, 0.717) is 18.5 Å². The van der Waals surface area contributed by atoms with Crippen LogP contribution in [0.3, 0.4) is 0 Å². The van der Waals surface area contributed by atoms with Crippen LogP contribution in [-0.4, -0.2) is 24.4 Å². The summed E-state index contributed by atoms with van der Waals surface area (Å²) >= 11 is 0. The molecule has 2 aromatic rings. The van der Waals surface area contributed by atoms with Gasteiger partial charge in [0, 0.05) is 18.5 Å². The summed E-state index contributed by atoms with van der Waals surface area (Å²) in [5.41, 5.74) is 8.07. The predicted molar refractivity (Wildman–Crippen MR) is 96.5 cm³/mol. The zero-order valence-corrected chi connectivity index (χ0v) is 13.8. The van der Waals surface area contributed by atoms with Crippen LogP contribution >= 0.6 is 0 Å². The van der Waals surface area contributed by atoms with Crippen LogP contribution in [0, 0.1) is 0 Å². The molecular formula is C20H21N3O2. The van der Waals surface area contributed by atoms with Crippen molar-refractivity contribution in [2.24, 2.45) is 5.73 Å². The van der Waals surface area contributed by atoms with Crippen molar-refractivity contribution in [1.82, 2.24) is 10.6 Å². The second kappa shape index (κ2) is 7.77. The lowest BCUT2D eigenvalue weighted by molar-refractivity contribution is -0.125. The van der Waals surface area contributed by atoms with Gasteiger partial charge < -0.3 is 16.4 Å². The number of nitrogens with one attached hydrogen (secondary N) is 2. The molecule has 25 heavy (non-hydrogen) atoms. The largest absolute Gasteiger partial charge is 0.368 e. The summed E-state index contributed by atoms with van der Waals surface area (Å²) in [6.07, 6.45) is 2.23. The third kappa shape index (κ3) is 4.14. The molecule has 1 aliphatic heterocycles. The number of rotatable bonds is 6. The van der Waals surface area contributed by atoms with E-state index in [-0.39, 0.29) is 11.9 Å². The summed E-state index contributed by atoms with van der Waals surface area (Å²) < 4.78 is 0. The molecule has 4 N–H and O–H groups in total. The first-order chi connectivity index (χ1) is 12.1. The zero-order valence-electron chi connectivity index (χ0n) is 13.8. The Kier molecular flexibility index (Phi) is 5.26. The molecule has 0 aromatic heterocycles. The van der Waals surface area contributed by atoms with E-state index >= 15 is 0 Å². The van der Waals surface area contributed by atoms with Gasteiger partial charge in [0.05, 0.1) is 6.04 Å². The van der Waals surface area contributed by atoms with Crippen LogP contribution in [0.4, 0.5) is 0 Å². The molecule has 0 aliphatic carbocycles. The van der Waals surface area contributed by atoms with Crippen molar-refractivity contribution in [3.8, 4) is 0 Å². The molecule has 0 radical (unpaired) electrons. The molecule has 0 saturated carbocycles. The first-order valence-electron chi connectivity index (χ1n) is 8.27. The van der Waals surface area contributed by atoms with Crippen LogP contribution in [0.25, 0.3) is 0 Å². The molecule has 5 nitrogen and oxygen atoms in total. The van der Waals surface area contributed by atoms with Gasteiger partial charge in [-0.15, -0.1) is 0 Å². The molecule has 2 aromatic carbocycles. The molecule has 128 valence electrons. The van der Waals surface area contributed by atoms with E-state index in [2.05, 4.69) is 10.6 Å². The third-order valence-corrected chi connectivity index (χ3v) is 4.28. The van der Waals surface area contributed by atoms with Crippen LogP contribution in [0.5, 0.6) is 0 Å². The van der Waals surface area contributed by atoms with Gasteiger partial charge in [0.15, 0.2) is 0 Å². The maximum absolute atomic E-state index is 12.7. The van der Waals surface area contributed by atoms with E-state index in [9.17, 15) is 9.59 Å². The highest BCUT2D eigenvalue weighted by Gasteiger charge is 2.28. The number of primary amides is 1. The quantitative estimate of drug-likeness (QED) is 0.747. The van der Waals surface area contributed by atoms with E-state index in [1.165, 1.54) is 0 Å². The standard InChI is InChI=1S/C20H21N3O2/c21-19(24)17(13-14-7-3-1-4-8-14)23-20(25)16-11-12-22-18(16)15-9-5-2-6-10-15/h1-11,17-18,22H,12-13H2,(H2,21,24)(H,23,25)/t17-,18-/m0/s1. The van der Waals surface area contributed by atoms with E-state index in [4.69, 9.17) is 5.73 Å². The van der Waals surface area contributed by atoms with Crippen molar-refractivity contribution >= 4 is 11.8 Å². The van der Waals surface area contributed by atoms with Gasteiger partial charge in [-0.05, 0) is 11.1 Å². The fraction of sp³-hybridized carbons (Fsp3) is 0.200. The first-order valence-corrected chi connectivity index (χ1v) is 8.27. The van der Waals surface area contributed by atoms with Crippen molar-refractivity contribution in [3.63, 3.8) is 0 Å². The van der Waals surface area contributed by atoms with Crippen LogP contribution < -0.4 is 16.4 Å². The number of hydrogen-bond donors (Lipinski definition) is 3. The predicted octanol–water partition coefficient (Wildman–Crippen LogP) is 1.47. The minimum absolute atomic E-state index is 0.175. The fourth-order valence-electron chi connectivity index (χ4n) is 3.00. The molecule has 3 rings (SSSR count). The van der Waals surface area contributed by atoms with E-state index in [1.807, 2.05) is 66.7 Å². The molecule has 2 atom stereocenters. The Morgan fingerprint density at radius 3 is 2.36 bits per heavy atom. The summed E-state index contributed by atoms with van der Waals surface area (Å²) in [4.78, 5) is 24.5. The Labute approximate surface area is 146 Å². The topological polar surface area (TPSA) is 84.2 Å². The van der Waals surface area contributed by atoms with Crippen molar-refractivity contribution in [1.29, 1.82) is 0 Å². The second-order valence-corrected chi connectivity index (χ2v) is 6.03. The van der Waals surface area contributed by atoms with Gasteiger partial charge in [0.25, 0.3) is 0 Å². The molecule has 2 amide bonds. The Morgan fingerprint density at radius 1 is 1.08 bits per heavy atom. The number of carbonyl (C=O) groups excluding carboxylic acids is 2. The summed E-state index contributed by atoms with van der Waals surface area (Å²) in [6.45, 7) is 0.613. The molecule has 5 heteroatoms. The van der Waals surface area contributed by atoms with Crippen molar-refractivity contribution in [2.75, 3.05) is 6.54 Å². The molecule has 1 heterocycles.